The Morgan fingerprint density at radius 2 is 2.00 bits per heavy atom. The third-order valence-corrected chi connectivity index (χ3v) is 6.53. The molecule has 10 heteroatoms. The normalized spacial score (nSPS) is 18.5. The monoisotopic (exact) mass is 472 g/mol. The Kier molecular flexibility index (Phi) is 5.86. The van der Waals surface area contributed by atoms with Crippen LogP contribution in [0.5, 0.6) is 0 Å². The van der Waals surface area contributed by atoms with Crippen LogP contribution >= 0.6 is 0 Å². The van der Waals surface area contributed by atoms with Crippen molar-refractivity contribution in [1.29, 1.82) is 0 Å². The molecule has 0 radical (unpaired) electrons. The highest BCUT2D eigenvalue weighted by molar-refractivity contribution is 5.91. The first-order valence-corrected chi connectivity index (χ1v) is 11.8. The van der Waals surface area contributed by atoms with Crippen molar-refractivity contribution in [3.8, 4) is 0 Å². The zero-order valence-electron chi connectivity index (χ0n) is 19.8. The minimum Gasteiger partial charge on any atom is -0.384 e. The van der Waals surface area contributed by atoms with Gasteiger partial charge < -0.3 is 20.3 Å². The highest BCUT2D eigenvalue weighted by atomic mass is 16.3. The van der Waals surface area contributed by atoms with Crippen LogP contribution in [-0.4, -0.2) is 40.9 Å². The molecule has 1 aliphatic rings. The third kappa shape index (κ3) is 4.55. The van der Waals surface area contributed by atoms with E-state index in [0.29, 0.717) is 23.4 Å². The van der Waals surface area contributed by atoms with Crippen LogP contribution in [0.25, 0.3) is 15.7 Å². The number of hydrogen-bond donors (Lipinski definition) is 3. The fraction of sp³-hybridized carbons (Fsp3) is 0.400. The Hall–Kier alpha value is -3.97. The summed E-state index contributed by atoms with van der Waals surface area (Å²) in [5.74, 6) is 0.481. The SMILES string of the molecule is [C-]#[N+][C@H]1CCCC[C@@H]1n1nc(Nc2ccc(Cn3cc(C(C)(C)O)nn3)cc2)c2c(=O)[nH]ccc21. The van der Waals surface area contributed by atoms with E-state index in [-0.39, 0.29) is 17.6 Å². The molecule has 1 aliphatic carbocycles. The van der Waals surface area contributed by atoms with E-state index in [4.69, 9.17) is 11.7 Å². The smallest absolute Gasteiger partial charge is 0.261 e. The molecular formula is C25H28N8O2. The predicted octanol–water partition coefficient (Wildman–Crippen LogP) is 3.74. The van der Waals surface area contributed by atoms with E-state index in [2.05, 4.69) is 25.5 Å². The first-order chi connectivity index (χ1) is 16.8. The summed E-state index contributed by atoms with van der Waals surface area (Å²) in [6.07, 6.45) is 7.20. The quantitative estimate of drug-likeness (QED) is 0.368. The van der Waals surface area contributed by atoms with Gasteiger partial charge in [-0.25, -0.2) is 11.3 Å². The number of anilines is 2. The summed E-state index contributed by atoms with van der Waals surface area (Å²) in [6, 6.07) is 9.46. The summed E-state index contributed by atoms with van der Waals surface area (Å²) in [7, 11) is 0. The van der Waals surface area contributed by atoms with E-state index < -0.39 is 5.60 Å². The fourth-order valence-electron chi connectivity index (χ4n) is 4.64. The summed E-state index contributed by atoms with van der Waals surface area (Å²) in [4.78, 5) is 19.3. The van der Waals surface area contributed by atoms with Crippen LogP contribution in [0, 0.1) is 6.57 Å². The van der Waals surface area contributed by atoms with Crippen molar-refractivity contribution < 1.29 is 5.11 Å². The first-order valence-electron chi connectivity index (χ1n) is 11.8. The average Bonchev–Trinajstić information content (AvgIpc) is 3.46. The lowest BCUT2D eigenvalue weighted by molar-refractivity contribution is 0.0737. The molecule has 4 aromatic rings. The van der Waals surface area contributed by atoms with Gasteiger partial charge >= 0.3 is 0 Å². The van der Waals surface area contributed by atoms with E-state index in [9.17, 15) is 9.90 Å². The van der Waals surface area contributed by atoms with Crippen LogP contribution in [0.1, 0.15) is 56.8 Å². The third-order valence-electron chi connectivity index (χ3n) is 6.53. The van der Waals surface area contributed by atoms with Gasteiger partial charge in [0.1, 0.15) is 22.7 Å². The Morgan fingerprint density at radius 1 is 1.23 bits per heavy atom. The Labute approximate surface area is 202 Å². The minimum absolute atomic E-state index is 0.0417. The van der Waals surface area contributed by atoms with Gasteiger partial charge in [0.15, 0.2) is 5.82 Å². The van der Waals surface area contributed by atoms with Gasteiger partial charge in [-0.05, 0) is 50.5 Å². The molecule has 1 saturated carbocycles. The number of aliphatic hydroxyl groups is 1. The summed E-state index contributed by atoms with van der Waals surface area (Å²) in [5.41, 5.74) is 1.81. The van der Waals surface area contributed by atoms with Crippen LogP contribution < -0.4 is 10.9 Å². The van der Waals surface area contributed by atoms with E-state index in [1.165, 1.54) is 0 Å². The molecule has 35 heavy (non-hydrogen) atoms. The topological polar surface area (TPSA) is 118 Å². The zero-order valence-corrected chi connectivity index (χ0v) is 19.8. The van der Waals surface area contributed by atoms with E-state index in [1.54, 1.807) is 30.9 Å². The van der Waals surface area contributed by atoms with Gasteiger partial charge in [0.25, 0.3) is 5.56 Å². The van der Waals surface area contributed by atoms with Crippen LogP contribution in [-0.2, 0) is 12.1 Å². The molecule has 0 aliphatic heterocycles. The molecule has 3 heterocycles. The van der Waals surface area contributed by atoms with Gasteiger partial charge in [-0.1, -0.05) is 23.8 Å². The number of H-pyrrole nitrogens is 1. The standard InChI is InChI=1S/C25H28N8O2/c1-25(2,35)21-15-32(31-29-21)14-16-8-10-17(11-9-16)28-23-22-20(12-13-27-24(22)34)33(30-23)19-7-5-4-6-18(19)26-3/h8-13,15,18-19,35H,4-7,14H2,1-2H3,(H,27,34)(H,28,30)/t18-,19-/m0/s1. The van der Waals surface area contributed by atoms with Gasteiger partial charge in [-0.3, -0.25) is 9.48 Å². The lowest BCUT2D eigenvalue weighted by Crippen LogP contribution is -2.26. The molecule has 0 bridgehead atoms. The average molecular weight is 473 g/mol. The summed E-state index contributed by atoms with van der Waals surface area (Å²) < 4.78 is 3.55. The van der Waals surface area contributed by atoms with Crippen molar-refractivity contribution in [3.05, 3.63) is 75.8 Å². The van der Waals surface area contributed by atoms with Crippen LogP contribution in [0.15, 0.2) is 47.5 Å². The molecule has 3 aromatic heterocycles. The number of benzene rings is 1. The number of nitrogens with zero attached hydrogens (tertiary/aromatic N) is 6. The van der Waals surface area contributed by atoms with Crippen molar-refractivity contribution >= 4 is 22.4 Å². The molecule has 0 amide bonds. The molecule has 0 unspecified atom stereocenters. The molecule has 5 rings (SSSR count). The van der Waals surface area contributed by atoms with Crippen molar-refractivity contribution in [1.82, 2.24) is 29.8 Å². The maximum Gasteiger partial charge on any atom is 0.261 e. The maximum absolute atomic E-state index is 12.7. The number of fused-ring (bicyclic) bond motifs is 1. The summed E-state index contributed by atoms with van der Waals surface area (Å²) >= 11 is 0. The van der Waals surface area contributed by atoms with Gasteiger partial charge in [0, 0.05) is 18.3 Å². The number of aromatic nitrogens is 6. The van der Waals surface area contributed by atoms with E-state index in [0.717, 1.165) is 42.5 Å². The van der Waals surface area contributed by atoms with Gasteiger partial charge in [0.2, 0.25) is 6.04 Å². The van der Waals surface area contributed by atoms with E-state index in [1.807, 2.05) is 35.0 Å². The number of aromatic amines is 1. The molecule has 3 N–H and O–H groups in total. The van der Waals surface area contributed by atoms with Gasteiger partial charge in [0.05, 0.1) is 18.3 Å². The lowest BCUT2D eigenvalue weighted by atomic mass is 9.91. The number of pyridine rings is 1. The van der Waals surface area contributed by atoms with Crippen LogP contribution in [0.4, 0.5) is 11.5 Å². The predicted molar refractivity (Wildman–Crippen MR) is 132 cm³/mol. The minimum atomic E-state index is -1.04. The number of nitrogens with one attached hydrogen (secondary N) is 2. The van der Waals surface area contributed by atoms with Crippen molar-refractivity contribution in [3.63, 3.8) is 0 Å². The molecule has 0 spiro atoms. The molecule has 0 saturated heterocycles. The number of rotatable bonds is 6. The zero-order chi connectivity index (χ0) is 24.6. The van der Waals surface area contributed by atoms with Crippen molar-refractivity contribution in [2.75, 3.05) is 5.32 Å². The molecule has 10 nitrogen and oxygen atoms in total. The number of hydrogen-bond acceptors (Lipinski definition) is 6. The summed E-state index contributed by atoms with van der Waals surface area (Å²) in [6.45, 7) is 11.5. The van der Waals surface area contributed by atoms with Crippen molar-refractivity contribution in [2.45, 2.75) is 63.8 Å². The molecule has 180 valence electrons. The largest absolute Gasteiger partial charge is 0.384 e. The highest BCUT2D eigenvalue weighted by Crippen LogP contribution is 2.34. The second-order valence-electron chi connectivity index (χ2n) is 9.59. The molecule has 1 aromatic carbocycles. The Bertz CT molecular complexity index is 1440. The highest BCUT2D eigenvalue weighted by Gasteiger charge is 2.33. The molecule has 1 fully saturated rings. The second-order valence-corrected chi connectivity index (χ2v) is 9.59. The van der Waals surface area contributed by atoms with Gasteiger partial charge in [-0.2, -0.15) is 5.10 Å². The maximum atomic E-state index is 12.7. The molecule has 2 atom stereocenters. The summed E-state index contributed by atoms with van der Waals surface area (Å²) in [5, 5.41) is 26.8. The van der Waals surface area contributed by atoms with Crippen LogP contribution in [0.2, 0.25) is 0 Å². The fourth-order valence-corrected chi connectivity index (χ4v) is 4.64. The van der Waals surface area contributed by atoms with Crippen LogP contribution in [0.3, 0.4) is 0 Å². The van der Waals surface area contributed by atoms with E-state index >= 15 is 0 Å². The second kappa shape index (κ2) is 9.00. The van der Waals surface area contributed by atoms with Crippen molar-refractivity contribution in [2.24, 2.45) is 0 Å². The Morgan fingerprint density at radius 3 is 2.71 bits per heavy atom. The lowest BCUT2D eigenvalue weighted by Gasteiger charge is -2.24. The molecular weight excluding hydrogens is 444 g/mol. The van der Waals surface area contributed by atoms with Gasteiger partial charge in [-0.15, -0.1) is 5.10 Å². The first kappa shape index (κ1) is 22.8. The Balaban J connectivity index is 1.40.